The van der Waals surface area contributed by atoms with Gasteiger partial charge < -0.3 is 9.47 Å². The predicted molar refractivity (Wildman–Crippen MR) is 80.6 cm³/mol. The van der Waals surface area contributed by atoms with Crippen LogP contribution >= 0.6 is 0 Å². The standard InChI is InChI=1S/C12H20O2.2C2H6/c1-6-9(2)7-11-10(3)14-12(4,5)8-13-11;2*1-2/h7H,6,8H2,1-5H3;2*1-2H3/b9-7+;;. The first-order valence-corrected chi connectivity index (χ1v) is 7.14. The van der Waals surface area contributed by atoms with Gasteiger partial charge in [-0.05, 0) is 40.2 Å². The molecule has 18 heavy (non-hydrogen) atoms. The van der Waals surface area contributed by atoms with E-state index < -0.39 is 0 Å². The normalized spacial score (nSPS) is 17.5. The molecule has 0 atom stereocenters. The molecule has 0 aromatic heterocycles. The van der Waals surface area contributed by atoms with E-state index in [0.29, 0.717) is 6.61 Å². The molecule has 0 unspecified atom stereocenters. The second-order valence-electron chi connectivity index (χ2n) is 4.42. The van der Waals surface area contributed by atoms with Crippen LogP contribution in [0, 0.1) is 0 Å². The summed E-state index contributed by atoms with van der Waals surface area (Å²) in [5, 5.41) is 0. The Hall–Kier alpha value is -0.920. The summed E-state index contributed by atoms with van der Waals surface area (Å²) in [5.41, 5.74) is 1.12. The van der Waals surface area contributed by atoms with E-state index in [1.807, 2.05) is 48.5 Å². The molecular formula is C16H32O2. The van der Waals surface area contributed by atoms with Gasteiger partial charge in [0, 0.05) is 0 Å². The van der Waals surface area contributed by atoms with Gasteiger partial charge in [0.2, 0.25) is 0 Å². The second kappa shape index (κ2) is 10.0. The van der Waals surface area contributed by atoms with Crippen molar-refractivity contribution in [2.24, 2.45) is 0 Å². The molecule has 2 nitrogen and oxygen atoms in total. The molecule has 1 aliphatic rings. The van der Waals surface area contributed by atoms with Crippen LogP contribution in [0.15, 0.2) is 23.2 Å². The van der Waals surface area contributed by atoms with Crippen molar-refractivity contribution in [3.05, 3.63) is 23.2 Å². The van der Waals surface area contributed by atoms with E-state index in [0.717, 1.165) is 17.9 Å². The highest BCUT2D eigenvalue weighted by molar-refractivity contribution is 5.21. The summed E-state index contributed by atoms with van der Waals surface area (Å²) in [6, 6.07) is 0. The number of rotatable bonds is 2. The van der Waals surface area contributed by atoms with Crippen LogP contribution in [-0.2, 0) is 9.47 Å². The SMILES string of the molecule is CC.CC.CC/C(C)=C/C1=C(C)OC(C)(C)CO1. The summed E-state index contributed by atoms with van der Waals surface area (Å²) in [4.78, 5) is 0. The average Bonchev–Trinajstić information content (AvgIpc) is 2.37. The van der Waals surface area contributed by atoms with Gasteiger partial charge >= 0.3 is 0 Å². The van der Waals surface area contributed by atoms with Gasteiger partial charge in [-0.1, -0.05) is 40.2 Å². The van der Waals surface area contributed by atoms with Crippen LogP contribution in [0.4, 0.5) is 0 Å². The molecule has 0 saturated carbocycles. The van der Waals surface area contributed by atoms with Crippen LogP contribution in [0.2, 0.25) is 0 Å². The third-order valence-corrected chi connectivity index (χ3v) is 2.29. The van der Waals surface area contributed by atoms with E-state index >= 15 is 0 Å². The quantitative estimate of drug-likeness (QED) is 0.654. The number of hydrogen-bond donors (Lipinski definition) is 0. The molecule has 0 bridgehead atoms. The van der Waals surface area contributed by atoms with Crippen molar-refractivity contribution in [2.45, 2.75) is 74.3 Å². The van der Waals surface area contributed by atoms with Gasteiger partial charge in [0.15, 0.2) is 5.76 Å². The number of hydrogen-bond acceptors (Lipinski definition) is 2. The molecule has 0 aliphatic carbocycles. The lowest BCUT2D eigenvalue weighted by Gasteiger charge is -2.32. The molecule has 0 fully saturated rings. The van der Waals surface area contributed by atoms with Gasteiger partial charge in [-0.3, -0.25) is 0 Å². The van der Waals surface area contributed by atoms with Crippen LogP contribution < -0.4 is 0 Å². The summed E-state index contributed by atoms with van der Waals surface area (Å²) < 4.78 is 11.4. The first-order valence-electron chi connectivity index (χ1n) is 7.14. The minimum absolute atomic E-state index is 0.193. The maximum Gasteiger partial charge on any atom is 0.156 e. The second-order valence-corrected chi connectivity index (χ2v) is 4.42. The fourth-order valence-electron chi connectivity index (χ4n) is 1.32. The predicted octanol–water partition coefficient (Wildman–Crippen LogP) is 5.45. The minimum Gasteiger partial charge on any atom is -0.486 e. The van der Waals surface area contributed by atoms with Gasteiger partial charge in [0.25, 0.3) is 0 Å². The molecule has 1 aliphatic heterocycles. The van der Waals surface area contributed by atoms with E-state index in [1.54, 1.807) is 0 Å². The molecule has 0 amide bonds. The molecule has 0 aromatic rings. The summed E-state index contributed by atoms with van der Waals surface area (Å²) in [6.45, 7) is 18.9. The molecule has 0 aromatic carbocycles. The smallest absolute Gasteiger partial charge is 0.156 e. The van der Waals surface area contributed by atoms with Gasteiger partial charge in [-0.25, -0.2) is 0 Å². The Labute approximate surface area is 114 Å². The Balaban J connectivity index is 0. The van der Waals surface area contributed by atoms with Crippen LogP contribution in [0.1, 0.15) is 68.7 Å². The van der Waals surface area contributed by atoms with Crippen LogP contribution in [-0.4, -0.2) is 12.2 Å². The molecule has 0 saturated heterocycles. The molecule has 0 spiro atoms. The molecule has 0 N–H and O–H groups in total. The number of allylic oxidation sites excluding steroid dienone is 3. The molecule has 1 rings (SSSR count). The largest absolute Gasteiger partial charge is 0.486 e. The van der Waals surface area contributed by atoms with Gasteiger partial charge in [-0.2, -0.15) is 0 Å². The zero-order valence-electron chi connectivity index (χ0n) is 13.8. The zero-order chi connectivity index (χ0) is 14.8. The monoisotopic (exact) mass is 256 g/mol. The Kier molecular flexibility index (Phi) is 10.8. The fourth-order valence-corrected chi connectivity index (χ4v) is 1.32. The summed E-state index contributed by atoms with van der Waals surface area (Å²) >= 11 is 0. The molecular weight excluding hydrogens is 224 g/mol. The Morgan fingerprint density at radius 1 is 1.22 bits per heavy atom. The highest BCUT2D eigenvalue weighted by atomic mass is 16.6. The van der Waals surface area contributed by atoms with Gasteiger partial charge in [0.1, 0.15) is 18.0 Å². The maximum atomic E-state index is 5.74. The Morgan fingerprint density at radius 3 is 2.11 bits per heavy atom. The molecule has 2 heteroatoms. The van der Waals surface area contributed by atoms with Crippen molar-refractivity contribution in [1.29, 1.82) is 0 Å². The fraction of sp³-hybridized carbons (Fsp3) is 0.750. The summed E-state index contributed by atoms with van der Waals surface area (Å²) in [5.74, 6) is 1.76. The van der Waals surface area contributed by atoms with Crippen LogP contribution in [0.3, 0.4) is 0 Å². The first kappa shape index (κ1) is 19.4. The third-order valence-electron chi connectivity index (χ3n) is 2.29. The topological polar surface area (TPSA) is 18.5 Å². The molecule has 108 valence electrons. The zero-order valence-corrected chi connectivity index (χ0v) is 13.8. The Bertz CT molecular complexity index is 273. The highest BCUT2D eigenvalue weighted by Gasteiger charge is 2.26. The third kappa shape index (κ3) is 7.41. The van der Waals surface area contributed by atoms with Gasteiger partial charge in [0.05, 0.1) is 0 Å². The van der Waals surface area contributed by atoms with E-state index in [-0.39, 0.29) is 5.60 Å². The van der Waals surface area contributed by atoms with Crippen molar-refractivity contribution in [3.8, 4) is 0 Å². The molecule has 1 heterocycles. The lowest BCUT2D eigenvalue weighted by atomic mass is 10.1. The highest BCUT2D eigenvalue weighted by Crippen LogP contribution is 2.26. The van der Waals surface area contributed by atoms with Crippen molar-refractivity contribution in [1.82, 2.24) is 0 Å². The van der Waals surface area contributed by atoms with Crippen molar-refractivity contribution in [2.75, 3.05) is 6.61 Å². The first-order chi connectivity index (χ1) is 8.44. The van der Waals surface area contributed by atoms with E-state index in [1.165, 1.54) is 5.57 Å². The van der Waals surface area contributed by atoms with Crippen molar-refractivity contribution in [3.63, 3.8) is 0 Å². The van der Waals surface area contributed by atoms with E-state index in [9.17, 15) is 0 Å². The lowest BCUT2D eigenvalue weighted by Crippen LogP contribution is -2.33. The minimum atomic E-state index is -0.193. The number of ether oxygens (including phenoxy) is 2. The molecule has 0 radical (unpaired) electrons. The van der Waals surface area contributed by atoms with E-state index in [2.05, 4.69) is 19.9 Å². The van der Waals surface area contributed by atoms with Crippen molar-refractivity contribution < 1.29 is 9.47 Å². The van der Waals surface area contributed by atoms with Gasteiger partial charge in [-0.15, -0.1) is 0 Å². The van der Waals surface area contributed by atoms with E-state index in [4.69, 9.17) is 9.47 Å². The van der Waals surface area contributed by atoms with Crippen molar-refractivity contribution >= 4 is 0 Å². The summed E-state index contributed by atoms with van der Waals surface area (Å²) in [6.07, 6.45) is 3.11. The Morgan fingerprint density at radius 2 is 1.72 bits per heavy atom. The van der Waals surface area contributed by atoms with Crippen LogP contribution in [0.5, 0.6) is 0 Å². The summed E-state index contributed by atoms with van der Waals surface area (Å²) in [7, 11) is 0. The maximum absolute atomic E-state index is 5.74. The lowest BCUT2D eigenvalue weighted by molar-refractivity contribution is -0.0580. The van der Waals surface area contributed by atoms with Crippen LogP contribution in [0.25, 0.3) is 0 Å². The average molecular weight is 256 g/mol.